The molecule has 0 fully saturated rings. The topological polar surface area (TPSA) is 41.5 Å². The second kappa shape index (κ2) is 7.34. The first-order valence-electron chi connectivity index (χ1n) is 7.03. The van der Waals surface area contributed by atoms with Gasteiger partial charge in [0, 0.05) is 6.04 Å². The SMILES string of the molecule is CCNC(C)c1ccc(OCc2cccc(O)c2)c(Cl)c1. The summed E-state index contributed by atoms with van der Waals surface area (Å²) in [6.07, 6.45) is 0. The maximum Gasteiger partial charge on any atom is 0.138 e. The average Bonchev–Trinajstić information content (AvgIpc) is 2.46. The van der Waals surface area contributed by atoms with Gasteiger partial charge in [-0.15, -0.1) is 0 Å². The number of halogens is 1. The molecule has 112 valence electrons. The van der Waals surface area contributed by atoms with Gasteiger partial charge < -0.3 is 15.2 Å². The molecule has 0 aliphatic heterocycles. The molecule has 21 heavy (non-hydrogen) atoms. The van der Waals surface area contributed by atoms with Gasteiger partial charge in [-0.25, -0.2) is 0 Å². The fourth-order valence-electron chi connectivity index (χ4n) is 2.13. The number of rotatable bonds is 6. The summed E-state index contributed by atoms with van der Waals surface area (Å²) in [5, 5.41) is 13.4. The van der Waals surface area contributed by atoms with Crippen molar-refractivity contribution in [2.24, 2.45) is 0 Å². The molecule has 0 amide bonds. The molecule has 0 saturated heterocycles. The van der Waals surface area contributed by atoms with E-state index in [4.69, 9.17) is 16.3 Å². The highest BCUT2D eigenvalue weighted by Crippen LogP contribution is 2.28. The fourth-order valence-corrected chi connectivity index (χ4v) is 2.38. The van der Waals surface area contributed by atoms with Gasteiger partial charge in [0.2, 0.25) is 0 Å². The quantitative estimate of drug-likeness (QED) is 0.836. The van der Waals surface area contributed by atoms with Gasteiger partial charge in [-0.2, -0.15) is 0 Å². The Kier molecular flexibility index (Phi) is 5.48. The summed E-state index contributed by atoms with van der Waals surface area (Å²) >= 11 is 6.27. The molecule has 1 unspecified atom stereocenters. The third-order valence-corrected chi connectivity index (χ3v) is 3.57. The lowest BCUT2D eigenvalue weighted by molar-refractivity contribution is 0.305. The van der Waals surface area contributed by atoms with E-state index in [-0.39, 0.29) is 11.8 Å². The van der Waals surface area contributed by atoms with Crippen LogP contribution in [-0.4, -0.2) is 11.7 Å². The van der Waals surface area contributed by atoms with Gasteiger partial charge in [0.15, 0.2) is 0 Å². The first kappa shape index (κ1) is 15.7. The molecule has 1 atom stereocenters. The number of aromatic hydroxyl groups is 1. The standard InChI is InChI=1S/C17H20ClNO2/c1-3-19-12(2)14-7-8-17(16(18)10-14)21-11-13-5-4-6-15(20)9-13/h4-10,12,19-20H,3,11H2,1-2H3. The van der Waals surface area contributed by atoms with E-state index < -0.39 is 0 Å². The molecule has 3 nitrogen and oxygen atoms in total. The van der Waals surface area contributed by atoms with Crippen molar-refractivity contribution in [3.05, 3.63) is 58.6 Å². The molecule has 0 spiro atoms. The first-order valence-corrected chi connectivity index (χ1v) is 7.41. The Balaban J connectivity index is 2.04. The van der Waals surface area contributed by atoms with Crippen LogP contribution in [0.3, 0.4) is 0 Å². The van der Waals surface area contributed by atoms with E-state index in [1.807, 2.05) is 24.3 Å². The van der Waals surface area contributed by atoms with Gasteiger partial charge >= 0.3 is 0 Å². The Morgan fingerprint density at radius 3 is 2.71 bits per heavy atom. The van der Waals surface area contributed by atoms with Crippen molar-refractivity contribution < 1.29 is 9.84 Å². The number of phenols is 1. The molecule has 4 heteroatoms. The van der Waals surface area contributed by atoms with E-state index in [2.05, 4.69) is 19.2 Å². The predicted octanol–water partition coefficient (Wildman–Crippen LogP) is 4.30. The lowest BCUT2D eigenvalue weighted by Gasteiger charge is -2.15. The number of benzene rings is 2. The largest absolute Gasteiger partial charge is 0.508 e. The smallest absolute Gasteiger partial charge is 0.138 e. The van der Waals surface area contributed by atoms with Crippen molar-refractivity contribution in [1.29, 1.82) is 0 Å². The van der Waals surface area contributed by atoms with Gasteiger partial charge in [0.05, 0.1) is 5.02 Å². The first-order chi connectivity index (χ1) is 10.1. The highest BCUT2D eigenvalue weighted by atomic mass is 35.5. The zero-order valence-electron chi connectivity index (χ0n) is 12.3. The van der Waals surface area contributed by atoms with Gasteiger partial charge in [0.1, 0.15) is 18.1 Å². The van der Waals surface area contributed by atoms with Crippen molar-refractivity contribution >= 4 is 11.6 Å². The summed E-state index contributed by atoms with van der Waals surface area (Å²) in [7, 11) is 0. The molecule has 0 heterocycles. The van der Waals surface area contributed by atoms with Gasteiger partial charge in [-0.1, -0.05) is 36.7 Å². The van der Waals surface area contributed by atoms with E-state index in [1.54, 1.807) is 18.2 Å². The minimum Gasteiger partial charge on any atom is -0.508 e. The van der Waals surface area contributed by atoms with Crippen LogP contribution in [0, 0.1) is 0 Å². The third kappa shape index (κ3) is 4.38. The molecule has 0 aromatic heterocycles. The molecule has 0 radical (unpaired) electrons. The van der Waals surface area contributed by atoms with E-state index >= 15 is 0 Å². The average molecular weight is 306 g/mol. The zero-order valence-corrected chi connectivity index (χ0v) is 13.0. The zero-order chi connectivity index (χ0) is 15.2. The number of hydrogen-bond donors (Lipinski definition) is 2. The van der Waals surface area contributed by atoms with Crippen molar-refractivity contribution in [1.82, 2.24) is 5.32 Å². The summed E-state index contributed by atoms with van der Waals surface area (Å²) in [6.45, 7) is 5.46. The molecule has 0 saturated carbocycles. The van der Waals surface area contributed by atoms with Crippen LogP contribution < -0.4 is 10.1 Å². The summed E-state index contributed by atoms with van der Waals surface area (Å²) in [5.74, 6) is 0.879. The summed E-state index contributed by atoms with van der Waals surface area (Å²) < 4.78 is 5.71. The molecule has 0 bridgehead atoms. The van der Waals surface area contributed by atoms with Crippen molar-refractivity contribution in [3.8, 4) is 11.5 Å². The number of phenolic OH excluding ortho intramolecular Hbond substituents is 1. The number of nitrogens with one attached hydrogen (secondary N) is 1. The maximum atomic E-state index is 9.42. The van der Waals surface area contributed by atoms with Crippen molar-refractivity contribution in [2.45, 2.75) is 26.5 Å². The third-order valence-electron chi connectivity index (χ3n) is 3.27. The summed E-state index contributed by atoms with van der Waals surface area (Å²) in [4.78, 5) is 0. The normalized spacial score (nSPS) is 12.1. The predicted molar refractivity (Wildman–Crippen MR) is 86.0 cm³/mol. The van der Waals surface area contributed by atoms with Gasteiger partial charge in [0.25, 0.3) is 0 Å². The molecular formula is C17H20ClNO2. The van der Waals surface area contributed by atoms with Gasteiger partial charge in [-0.05, 0) is 48.9 Å². The minimum absolute atomic E-state index is 0.233. The maximum absolute atomic E-state index is 9.42. The van der Waals surface area contributed by atoms with Crippen molar-refractivity contribution in [3.63, 3.8) is 0 Å². The Morgan fingerprint density at radius 1 is 1.24 bits per heavy atom. The Bertz CT molecular complexity index is 601. The van der Waals surface area contributed by atoms with E-state index in [0.717, 1.165) is 17.7 Å². The number of hydrogen-bond acceptors (Lipinski definition) is 3. The lowest BCUT2D eigenvalue weighted by atomic mass is 10.1. The molecule has 0 aliphatic rings. The second-order valence-corrected chi connectivity index (χ2v) is 5.34. The number of ether oxygens (including phenoxy) is 1. The van der Waals surface area contributed by atoms with Crippen LogP contribution in [0.15, 0.2) is 42.5 Å². The van der Waals surface area contributed by atoms with Crippen LogP contribution >= 0.6 is 11.6 Å². The summed E-state index contributed by atoms with van der Waals surface area (Å²) in [6, 6.07) is 13.1. The molecule has 2 aromatic rings. The minimum atomic E-state index is 0.233. The van der Waals surface area contributed by atoms with Crippen LogP contribution in [0.1, 0.15) is 31.0 Å². The lowest BCUT2D eigenvalue weighted by Crippen LogP contribution is -2.17. The Morgan fingerprint density at radius 2 is 2.05 bits per heavy atom. The highest BCUT2D eigenvalue weighted by Gasteiger charge is 2.08. The Hall–Kier alpha value is -1.71. The van der Waals surface area contributed by atoms with E-state index in [9.17, 15) is 5.11 Å². The van der Waals surface area contributed by atoms with Crippen LogP contribution in [0.4, 0.5) is 0 Å². The van der Waals surface area contributed by atoms with Crippen LogP contribution in [0.25, 0.3) is 0 Å². The molecule has 0 aliphatic carbocycles. The van der Waals surface area contributed by atoms with E-state index in [0.29, 0.717) is 17.4 Å². The van der Waals surface area contributed by atoms with E-state index in [1.165, 1.54) is 0 Å². The molecule has 2 N–H and O–H groups in total. The Labute approximate surface area is 130 Å². The monoisotopic (exact) mass is 305 g/mol. The van der Waals surface area contributed by atoms with Crippen LogP contribution in [-0.2, 0) is 6.61 Å². The second-order valence-electron chi connectivity index (χ2n) is 4.93. The van der Waals surface area contributed by atoms with Crippen molar-refractivity contribution in [2.75, 3.05) is 6.54 Å². The fraction of sp³-hybridized carbons (Fsp3) is 0.294. The van der Waals surface area contributed by atoms with Gasteiger partial charge in [-0.3, -0.25) is 0 Å². The molecule has 2 aromatic carbocycles. The molecule has 2 rings (SSSR count). The molecular weight excluding hydrogens is 286 g/mol. The summed E-state index contributed by atoms with van der Waals surface area (Å²) in [5.41, 5.74) is 2.03. The van der Waals surface area contributed by atoms with Crippen LogP contribution in [0.5, 0.6) is 11.5 Å². The van der Waals surface area contributed by atoms with Crippen LogP contribution in [0.2, 0.25) is 5.02 Å². The highest BCUT2D eigenvalue weighted by molar-refractivity contribution is 6.32.